The van der Waals surface area contributed by atoms with Crippen molar-refractivity contribution in [3.8, 4) is 11.5 Å². The highest BCUT2D eigenvalue weighted by Gasteiger charge is 2.15. The van der Waals surface area contributed by atoms with Gasteiger partial charge in [-0.3, -0.25) is 4.99 Å². The second-order valence-electron chi connectivity index (χ2n) is 7.20. The Morgan fingerprint density at radius 3 is 2.41 bits per heavy atom. The molecular formula is C20H35IN4O4. The van der Waals surface area contributed by atoms with Crippen LogP contribution in [0.3, 0.4) is 0 Å². The van der Waals surface area contributed by atoms with E-state index in [1.165, 1.54) is 0 Å². The average Bonchev–Trinajstić information content (AvgIpc) is 2.63. The lowest BCUT2D eigenvalue weighted by molar-refractivity contribution is 0.0529. The van der Waals surface area contributed by atoms with Crippen LogP contribution in [0.1, 0.15) is 33.3 Å². The number of halogens is 1. The van der Waals surface area contributed by atoms with Gasteiger partial charge in [0, 0.05) is 38.3 Å². The number of carbonyl (C=O) groups excluding carboxylic acids is 1. The maximum atomic E-state index is 11.7. The van der Waals surface area contributed by atoms with E-state index in [1.807, 2.05) is 57.8 Å². The van der Waals surface area contributed by atoms with Crippen molar-refractivity contribution in [2.45, 2.75) is 39.8 Å². The summed E-state index contributed by atoms with van der Waals surface area (Å²) in [6, 6.07) is 5.74. The summed E-state index contributed by atoms with van der Waals surface area (Å²) in [4.78, 5) is 18.3. The lowest BCUT2D eigenvalue weighted by Gasteiger charge is -2.23. The highest BCUT2D eigenvalue weighted by Crippen LogP contribution is 2.25. The summed E-state index contributed by atoms with van der Waals surface area (Å²) in [5.74, 6) is 2.25. The molecule has 0 atom stereocenters. The average molecular weight is 522 g/mol. The third-order valence-corrected chi connectivity index (χ3v) is 3.64. The second kappa shape index (κ2) is 13.3. The molecule has 0 saturated heterocycles. The smallest absolute Gasteiger partial charge is 0.407 e. The van der Waals surface area contributed by atoms with Crippen LogP contribution in [-0.2, 0) is 11.3 Å². The monoisotopic (exact) mass is 522 g/mol. The molecule has 0 aliphatic carbocycles. The molecular weight excluding hydrogens is 487 g/mol. The normalized spacial score (nSPS) is 11.2. The number of guanidine groups is 1. The van der Waals surface area contributed by atoms with Gasteiger partial charge in [0.25, 0.3) is 0 Å². The number of aliphatic imine (C=N–C) groups is 1. The first-order valence-corrected chi connectivity index (χ1v) is 9.37. The Labute approximate surface area is 191 Å². The fourth-order valence-corrected chi connectivity index (χ4v) is 2.42. The van der Waals surface area contributed by atoms with Gasteiger partial charge in [0.2, 0.25) is 0 Å². The molecule has 0 aliphatic rings. The number of ether oxygens (including phenoxy) is 3. The molecule has 0 aliphatic heterocycles. The predicted molar refractivity (Wildman–Crippen MR) is 127 cm³/mol. The Kier molecular flexibility index (Phi) is 12.5. The minimum Gasteiger partial charge on any atom is -0.497 e. The Balaban J connectivity index is 0.00000784. The summed E-state index contributed by atoms with van der Waals surface area (Å²) in [6.45, 7) is 9.68. The van der Waals surface area contributed by atoms with E-state index in [4.69, 9.17) is 14.2 Å². The van der Waals surface area contributed by atoms with Crippen molar-refractivity contribution in [3.05, 3.63) is 23.8 Å². The quantitative estimate of drug-likeness (QED) is 0.236. The minimum absolute atomic E-state index is 0. The van der Waals surface area contributed by atoms with Crippen LogP contribution in [0.25, 0.3) is 0 Å². The van der Waals surface area contributed by atoms with Crippen molar-refractivity contribution in [2.75, 3.05) is 40.9 Å². The summed E-state index contributed by atoms with van der Waals surface area (Å²) in [7, 11) is 5.22. The van der Waals surface area contributed by atoms with Crippen LogP contribution in [0.4, 0.5) is 4.79 Å². The number of nitrogens with one attached hydrogen (secondary N) is 2. The van der Waals surface area contributed by atoms with Gasteiger partial charge in [-0.05, 0) is 39.8 Å². The van der Waals surface area contributed by atoms with E-state index in [0.717, 1.165) is 29.6 Å². The molecule has 1 rings (SSSR count). The second-order valence-corrected chi connectivity index (χ2v) is 7.20. The number of hydrogen-bond acceptors (Lipinski definition) is 5. The molecule has 0 aromatic heterocycles. The molecule has 29 heavy (non-hydrogen) atoms. The molecule has 0 fully saturated rings. The number of rotatable bonds is 8. The molecule has 1 amide bonds. The van der Waals surface area contributed by atoms with Crippen molar-refractivity contribution in [2.24, 2.45) is 4.99 Å². The van der Waals surface area contributed by atoms with Gasteiger partial charge in [-0.25, -0.2) is 4.79 Å². The largest absolute Gasteiger partial charge is 0.497 e. The molecule has 0 bridgehead atoms. The Morgan fingerprint density at radius 2 is 1.86 bits per heavy atom. The van der Waals surface area contributed by atoms with Crippen molar-refractivity contribution < 1.29 is 19.0 Å². The van der Waals surface area contributed by atoms with Gasteiger partial charge in [-0.15, -0.1) is 24.0 Å². The van der Waals surface area contributed by atoms with Gasteiger partial charge in [0.05, 0.1) is 20.8 Å². The van der Waals surface area contributed by atoms with Crippen LogP contribution >= 0.6 is 24.0 Å². The molecule has 0 spiro atoms. The van der Waals surface area contributed by atoms with E-state index in [-0.39, 0.29) is 24.0 Å². The van der Waals surface area contributed by atoms with Crippen molar-refractivity contribution in [1.82, 2.24) is 15.5 Å². The summed E-state index contributed by atoms with van der Waals surface area (Å²) in [6.07, 6.45) is -0.441. The zero-order valence-corrected chi connectivity index (χ0v) is 20.8. The number of nitrogens with zero attached hydrogens (tertiary/aromatic N) is 2. The van der Waals surface area contributed by atoms with E-state index >= 15 is 0 Å². The molecule has 0 radical (unpaired) electrons. The molecule has 166 valence electrons. The Hall–Kier alpha value is -1.91. The van der Waals surface area contributed by atoms with E-state index in [9.17, 15) is 4.79 Å². The molecule has 0 saturated carbocycles. The fourth-order valence-electron chi connectivity index (χ4n) is 2.42. The van der Waals surface area contributed by atoms with E-state index in [2.05, 4.69) is 15.6 Å². The van der Waals surface area contributed by atoms with Gasteiger partial charge in [-0.1, -0.05) is 0 Å². The zero-order valence-electron chi connectivity index (χ0n) is 18.5. The van der Waals surface area contributed by atoms with E-state index in [0.29, 0.717) is 19.6 Å². The Morgan fingerprint density at radius 1 is 1.17 bits per heavy atom. The van der Waals surface area contributed by atoms with Crippen LogP contribution in [0.15, 0.2) is 23.2 Å². The summed E-state index contributed by atoms with van der Waals surface area (Å²) in [5, 5.41) is 5.96. The number of alkyl carbamates (subject to hydrolysis) is 1. The molecule has 1 aromatic rings. The van der Waals surface area contributed by atoms with Gasteiger partial charge < -0.3 is 29.7 Å². The summed E-state index contributed by atoms with van der Waals surface area (Å²) >= 11 is 0. The molecule has 8 nitrogen and oxygen atoms in total. The predicted octanol–water partition coefficient (Wildman–Crippen LogP) is 3.24. The first-order valence-electron chi connectivity index (χ1n) is 9.37. The summed E-state index contributed by atoms with van der Waals surface area (Å²) < 4.78 is 15.9. The number of carbonyl (C=O) groups is 1. The SMILES string of the molecule is CCNC(=NCCNC(=O)OC(C)(C)C)N(C)Cc1ccc(OC)cc1OC.I. The van der Waals surface area contributed by atoms with Crippen LogP contribution in [-0.4, -0.2) is 63.5 Å². The third-order valence-electron chi connectivity index (χ3n) is 3.64. The lowest BCUT2D eigenvalue weighted by Crippen LogP contribution is -2.39. The first-order chi connectivity index (χ1) is 13.2. The minimum atomic E-state index is -0.514. The maximum absolute atomic E-state index is 11.7. The van der Waals surface area contributed by atoms with Gasteiger partial charge >= 0.3 is 6.09 Å². The molecule has 1 aromatic carbocycles. The van der Waals surface area contributed by atoms with Crippen LogP contribution in [0.5, 0.6) is 11.5 Å². The van der Waals surface area contributed by atoms with Crippen molar-refractivity contribution >= 4 is 36.0 Å². The van der Waals surface area contributed by atoms with E-state index in [1.54, 1.807) is 14.2 Å². The first kappa shape index (κ1) is 27.1. The number of amides is 1. The topological polar surface area (TPSA) is 84.4 Å². The fraction of sp³-hybridized carbons (Fsp3) is 0.600. The van der Waals surface area contributed by atoms with E-state index < -0.39 is 11.7 Å². The number of benzene rings is 1. The molecule has 0 unspecified atom stereocenters. The van der Waals surface area contributed by atoms with Gasteiger partial charge in [0.15, 0.2) is 5.96 Å². The summed E-state index contributed by atoms with van der Waals surface area (Å²) in [5.41, 5.74) is 0.503. The standard InChI is InChI=1S/C20H34N4O4.HI/c1-8-21-18(22-11-12-23-19(25)28-20(2,3)4)24(5)14-15-9-10-16(26-6)13-17(15)27-7;/h9-10,13H,8,11-12,14H2,1-7H3,(H,21,22)(H,23,25);1H. The van der Waals surface area contributed by atoms with Crippen LogP contribution < -0.4 is 20.1 Å². The Bertz CT molecular complexity index is 662. The van der Waals surface area contributed by atoms with Gasteiger partial charge in [-0.2, -0.15) is 0 Å². The highest BCUT2D eigenvalue weighted by atomic mass is 127. The van der Waals surface area contributed by atoms with Gasteiger partial charge in [0.1, 0.15) is 17.1 Å². The van der Waals surface area contributed by atoms with Crippen molar-refractivity contribution in [3.63, 3.8) is 0 Å². The number of hydrogen-bond donors (Lipinski definition) is 2. The maximum Gasteiger partial charge on any atom is 0.407 e. The molecule has 2 N–H and O–H groups in total. The van der Waals surface area contributed by atoms with Crippen molar-refractivity contribution in [1.29, 1.82) is 0 Å². The highest BCUT2D eigenvalue weighted by molar-refractivity contribution is 14.0. The number of methoxy groups -OCH3 is 2. The van der Waals surface area contributed by atoms with Crippen LogP contribution in [0.2, 0.25) is 0 Å². The zero-order chi connectivity index (χ0) is 21.2. The third kappa shape index (κ3) is 10.4. The molecule has 0 heterocycles. The lowest BCUT2D eigenvalue weighted by atomic mass is 10.2. The van der Waals surface area contributed by atoms with Crippen LogP contribution in [0, 0.1) is 0 Å². The molecule has 9 heteroatoms.